The summed E-state index contributed by atoms with van der Waals surface area (Å²) in [6.45, 7) is 0. The van der Waals surface area contributed by atoms with Crippen LogP contribution in [0.15, 0.2) is 160 Å². The van der Waals surface area contributed by atoms with Crippen molar-refractivity contribution in [2.24, 2.45) is 0 Å². The van der Waals surface area contributed by atoms with Gasteiger partial charge in [0.15, 0.2) is 5.58 Å². The van der Waals surface area contributed by atoms with Gasteiger partial charge in [-0.1, -0.05) is 109 Å². The molecule has 3 heterocycles. The van der Waals surface area contributed by atoms with Gasteiger partial charge in [0.05, 0.1) is 11.0 Å². The molecule has 0 saturated carbocycles. The average molecular weight is 576 g/mol. The first kappa shape index (κ1) is 24.4. The summed E-state index contributed by atoms with van der Waals surface area (Å²) in [5, 5.41) is 7.00. The van der Waals surface area contributed by atoms with E-state index in [2.05, 4.69) is 126 Å². The Labute approximate surface area is 258 Å². The fourth-order valence-corrected chi connectivity index (χ4v) is 7.16. The molecule has 210 valence electrons. The van der Waals surface area contributed by atoms with E-state index in [1.54, 1.807) is 0 Å². The van der Waals surface area contributed by atoms with Gasteiger partial charge < -0.3 is 13.4 Å². The summed E-state index contributed by atoms with van der Waals surface area (Å²) in [5.41, 5.74) is 11.7. The third-order valence-electron chi connectivity index (χ3n) is 9.24. The maximum atomic E-state index is 6.52. The van der Waals surface area contributed by atoms with E-state index >= 15 is 0 Å². The highest BCUT2D eigenvalue weighted by molar-refractivity contribution is 6.21. The van der Waals surface area contributed by atoms with E-state index in [0.717, 1.165) is 55.1 Å². The molecule has 0 N–H and O–H groups in total. The summed E-state index contributed by atoms with van der Waals surface area (Å²) in [6, 6.07) is 53.6. The number of furan rings is 2. The summed E-state index contributed by atoms with van der Waals surface area (Å²) in [6.07, 6.45) is 0. The molecule has 10 rings (SSSR count). The van der Waals surface area contributed by atoms with Gasteiger partial charge in [-0.3, -0.25) is 0 Å². The predicted octanol–water partition coefficient (Wildman–Crippen LogP) is 11.9. The van der Waals surface area contributed by atoms with Crippen LogP contribution in [0.4, 0.5) is 0 Å². The molecule has 0 aliphatic rings. The van der Waals surface area contributed by atoms with Crippen LogP contribution < -0.4 is 0 Å². The molecule has 0 fully saturated rings. The summed E-state index contributed by atoms with van der Waals surface area (Å²) in [7, 11) is 0. The lowest BCUT2D eigenvalue weighted by molar-refractivity contribution is 0.669. The Morgan fingerprint density at radius 3 is 1.78 bits per heavy atom. The highest BCUT2D eigenvalue weighted by Crippen LogP contribution is 2.41. The zero-order valence-electron chi connectivity index (χ0n) is 24.2. The number of fused-ring (bicyclic) bond motifs is 10. The van der Waals surface area contributed by atoms with Crippen molar-refractivity contribution in [2.45, 2.75) is 0 Å². The van der Waals surface area contributed by atoms with E-state index in [1.165, 1.54) is 38.5 Å². The normalized spacial score (nSPS) is 12.0. The summed E-state index contributed by atoms with van der Waals surface area (Å²) in [5.74, 6) is 0. The van der Waals surface area contributed by atoms with Crippen LogP contribution in [0, 0.1) is 0 Å². The topological polar surface area (TPSA) is 31.2 Å². The number of para-hydroxylation sites is 3. The number of aromatic nitrogens is 1. The molecule has 0 aliphatic carbocycles. The number of hydrogen-bond donors (Lipinski definition) is 0. The molecule has 3 heteroatoms. The van der Waals surface area contributed by atoms with Crippen molar-refractivity contribution in [3.05, 3.63) is 152 Å². The molecule has 10 aromatic rings. The molecule has 45 heavy (non-hydrogen) atoms. The van der Waals surface area contributed by atoms with Gasteiger partial charge in [-0.05, 0) is 64.7 Å². The number of nitrogens with zero attached hydrogens (tertiary/aromatic N) is 1. The second-order valence-corrected chi connectivity index (χ2v) is 11.7. The molecular weight excluding hydrogens is 550 g/mol. The molecule has 0 bridgehead atoms. The highest BCUT2D eigenvalue weighted by Gasteiger charge is 2.19. The van der Waals surface area contributed by atoms with Gasteiger partial charge in [0.25, 0.3) is 0 Å². The Balaban J connectivity index is 1.08. The smallest absolute Gasteiger partial charge is 0.160 e. The van der Waals surface area contributed by atoms with Gasteiger partial charge in [-0.25, -0.2) is 0 Å². The first-order valence-corrected chi connectivity index (χ1v) is 15.3. The second-order valence-electron chi connectivity index (χ2n) is 11.7. The van der Waals surface area contributed by atoms with Crippen molar-refractivity contribution >= 4 is 65.7 Å². The van der Waals surface area contributed by atoms with Crippen molar-refractivity contribution < 1.29 is 8.83 Å². The first-order chi connectivity index (χ1) is 22.3. The summed E-state index contributed by atoms with van der Waals surface area (Å²) < 4.78 is 15.0. The number of hydrogen-bond acceptors (Lipinski definition) is 2. The van der Waals surface area contributed by atoms with Gasteiger partial charge in [-0.2, -0.15) is 0 Å². The molecule has 0 amide bonds. The predicted molar refractivity (Wildman–Crippen MR) is 186 cm³/mol. The molecule has 0 saturated heterocycles. The van der Waals surface area contributed by atoms with E-state index in [0.29, 0.717) is 0 Å². The third-order valence-corrected chi connectivity index (χ3v) is 9.24. The second kappa shape index (κ2) is 9.22. The van der Waals surface area contributed by atoms with E-state index in [-0.39, 0.29) is 0 Å². The van der Waals surface area contributed by atoms with E-state index in [9.17, 15) is 0 Å². The quantitative estimate of drug-likeness (QED) is 0.210. The van der Waals surface area contributed by atoms with Crippen molar-refractivity contribution in [1.82, 2.24) is 4.57 Å². The number of rotatable bonds is 3. The SMILES string of the molecule is c1ccc2c(c1)oc1c2ccc2c3ccccc3n(-c3ccc(-c4ccc(-c5cccc6oc7ccccc7c56)cc4)cc3)c21. The minimum Gasteiger partial charge on any atom is -0.456 e. The molecule has 0 aliphatic heterocycles. The zero-order chi connectivity index (χ0) is 29.5. The maximum absolute atomic E-state index is 6.52. The Kier molecular flexibility index (Phi) is 5.00. The Bertz CT molecular complexity index is 2740. The Morgan fingerprint density at radius 2 is 0.978 bits per heavy atom. The van der Waals surface area contributed by atoms with Gasteiger partial charge in [0.1, 0.15) is 16.7 Å². The zero-order valence-corrected chi connectivity index (χ0v) is 24.2. The van der Waals surface area contributed by atoms with E-state index in [4.69, 9.17) is 8.83 Å². The highest BCUT2D eigenvalue weighted by atomic mass is 16.3. The molecule has 3 aromatic heterocycles. The third kappa shape index (κ3) is 3.52. The van der Waals surface area contributed by atoms with Crippen LogP contribution in [-0.4, -0.2) is 4.57 Å². The fourth-order valence-electron chi connectivity index (χ4n) is 7.16. The molecule has 0 atom stereocenters. The fraction of sp³-hybridized carbons (Fsp3) is 0. The van der Waals surface area contributed by atoms with Crippen LogP contribution in [0.1, 0.15) is 0 Å². The lowest BCUT2D eigenvalue weighted by atomic mass is 9.97. The van der Waals surface area contributed by atoms with Crippen molar-refractivity contribution in [3.8, 4) is 27.9 Å². The first-order valence-electron chi connectivity index (χ1n) is 15.3. The lowest BCUT2D eigenvalue weighted by Crippen LogP contribution is -1.94. The van der Waals surface area contributed by atoms with Gasteiger partial charge >= 0.3 is 0 Å². The van der Waals surface area contributed by atoms with Gasteiger partial charge in [0.2, 0.25) is 0 Å². The molecule has 0 radical (unpaired) electrons. The van der Waals surface area contributed by atoms with Crippen LogP contribution in [-0.2, 0) is 0 Å². The van der Waals surface area contributed by atoms with Crippen LogP contribution in [0.3, 0.4) is 0 Å². The largest absolute Gasteiger partial charge is 0.456 e. The minimum atomic E-state index is 0.910. The lowest BCUT2D eigenvalue weighted by Gasteiger charge is -2.10. The Morgan fingerprint density at radius 1 is 0.378 bits per heavy atom. The standard InChI is InChI=1S/C42H25NO2/c1-4-12-36-31(8-1)33-24-25-34-32-9-2-5-13-37(32)45-42(34)41(33)43(36)29-22-20-27(21-23-29)26-16-18-28(19-17-26)30-11-7-15-39-40(30)35-10-3-6-14-38(35)44-39/h1-25H. The van der Waals surface area contributed by atoms with Gasteiger partial charge in [0, 0.05) is 38.0 Å². The molecule has 3 nitrogen and oxygen atoms in total. The van der Waals surface area contributed by atoms with E-state index < -0.39 is 0 Å². The van der Waals surface area contributed by atoms with Crippen molar-refractivity contribution in [3.63, 3.8) is 0 Å². The monoisotopic (exact) mass is 575 g/mol. The van der Waals surface area contributed by atoms with Gasteiger partial charge in [-0.15, -0.1) is 0 Å². The summed E-state index contributed by atoms with van der Waals surface area (Å²) >= 11 is 0. The molecular formula is C42H25NO2. The number of benzene rings is 7. The molecule has 0 unspecified atom stereocenters. The van der Waals surface area contributed by atoms with Crippen LogP contribution in [0.25, 0.3) is 93.6 Å². The van der Waals surface area contributed by atoms with Crippen LogP contribution >= 0.6 is 0 Å². The van der Waals surface area contributed by atoms with E-state index in [1.807, 2.05) is 30.3 Å². The van der Waals surface area contributed by atoms with Crippen LogP contribution in [0.5, 0.6) is 0 Å². The van der Waals surface area contributed by atoms with Crippen molar-refractivity contribution in [1.29, 1.82) is 0 Å². The maximum Gasteiger partial charge on any atom is 0.160 e. The molecule has 7 aromatic carbocycles. The minimum absolute atomic E-state index is 0.910. The van der Waals surface area contributed by atoms with Crippen LogP contribution in [0.2, 0.25) is 0 Å². The molecule has 0 spiro atoms. The average Bonchev–Trinajstić information content (AvgIpc) is 3.78. The summed E-state index contributed by atoms with van der Waals surface area (Å²) in [4.78, 5) is 0. The Hall–Kier alpha value is -6.06. The van der Waals surface area contributed by atoms with Crippen molar-refractivity contribution in [2.75, 3.05) is 0 Å².